The van der Waals surface area contributed by atoms with Crippen LogP contribution in [-0.4, -0.2) is 24.5 Å². The van der Waals surface area contributed by atoms with Crippen molar-refractivity contribution >= 4 is 5.91 Å². The van der Waals surface area contributed by atoms with E-state index in [9.17, 15) is 4.79 Å². The summed E-state index contributed by atoms with van der Waals surface area (Å²) >= 11 is 0. The molecular weight excluding hydrogens is 224 g/mol. The highest BCUT2D eigenvalue weighted by Crippen LogP contribution is 2.35. The molecule has 0 bridgehead atoms. The Bertz CT molecular complexity index is 282. The third-order valence-electron chi connectivity index (χ3n) is 4.69. The van der Waals surface area contributed by atoms with Crippen LogP contribution in [0, 0.1) is 5.41 Å². The second kappa shape index (κ2) is 6.05. The van der Waals surface area contributed by atoms with Gasteiger partial charge in [0.1, 0.15) is 0 Å². The van der Waals surface area contributed by atoms with Gasteiger partial charge in [-0.15, -0.1) is 0 Å². The highest BCUT2D eigenvalue weighted by Gasteiger charge is 2.33. The van der Waals surface area contributed by atoms with Gasteiger partial charge in [0.15, 0.2) is 0 Å². The standard InChI is InChI=1S/C15H28N2O/c1-15(2)9-5-3-8-13(15)17-14(18)11-12-7-4-6-10-16-12/h12-13,16H,3-11H2,1-2H3,(H,17,18). The molecule has 1 saturated carbocycles. The smallest absolute Gasteiger partial charge is 0.221 e. The Morgan fingerprint density at radius 1 is 1.22 bits per heavy atom. The Kier molecular flexibility index (Phi) is 4.66. The van der Waals surface area contributed by atoms with Crippen LogP contribution in [0.2, 0.25) is 0 Å². The Morgan fingerprint density at radius 2 is 2.00 bits per heavy atom. The van der Waals surface area contributed by atoms with Crippen molar-refractivity contribution < 1.29 is 4.79 Å². The van der Waals surface area contributed by atoms with Gasteiger partial charge >= 0.3 is 0 Å². The zero-order valence-electron chi connectivity index (χ0n) is 11.9. The summed E-state index contributed by atoms with van der Waals surface area (Å²) in [6.07, 6.45) is 9.29. The molecule has 1 heterocycles. The predicted molar refractivity (Wildman–Crippen MR) is 74.4 cm³/mol. The number of carbonyl (C=O) groups excluding carboxylic acids is 1. The van der Waals surface area contributed by atoms with Crippen LogP contribution in [0.4, 0.5) is 0 Å². The Hall–Kier alpha value is -0.570. The molecule has 1 aliphatic heterocycles. The Balaban J connectivity index is 1.79. The van der Waals surface area contributed by atoms with Gasteiger partial charge in [-0.05, 0) is 37.6 Å². The van der Waals surface area contributed by atoms with E-state index in [-0.39, 0.29) is 11.3 Å². The summed E-state index contributed by atoms with van der Waals surface area (Å²) in [5.41, 5.74) is 0.272. The second-order valence-electron chi connectivity index (χ2n) is 6.71. The minimum atomic E-state index is 0.245. The third kappa shape index (κ3) is 3.71. The molecular formula is C15H28N2O. The lowest BCUT2D eigenvalue weighted by atomic mass is 9.73. The lowest BCUT2D eigenvalue weighted by Gasteiger charge is -2.39. The zero-order chi connectivity index (χ0) is 13.0. The summed E-state index contributed by atoms with van der Waals surface area (Å²) in [5, 5.41) is 6.72. The first-order chi connectivity index (χ1) is 8.58. The first kappa shape index (κ1) is 13.9. The lowest BCUT2D eigenvalue weighted by molar-refractivity contribution is -0.123. The summed E-state index contributed by atoms with van der Waals surface area (Å²) in [7, 11) is 0. The SMILES string of the molecule is CC1(C)CCCCC1NC(=O)CC1CCCCN1. The van der Waals surface area contributed by atoms with E-state index in [1.165, 1.54) is 32.1 Å². The molecule has 0 aromatic carbocycles. The van der Waals surface area contributed by atoms with E-state index in [1.807, 2.05) is 0 Å². The molecule has 2 N–H and O–H groups in total. The van der Waals surface area contributed by atoms with Gasteiger partial charge in [-0.2, -0.15) is 0 Å². The zero-order valence-corrected chi connectivity index (χ0v) is 11.9. The summed E-state index contributed by atoms with van der Waals surface area (Å²) < 4.78 is 0. The fraction of sp³-hybridized carbons (Fsp3) is 0.933. The van der Waals surface area contributed by atoms with Crippen molar-refractivity contribution in [3.8, 4) is 0 Å². The van der Waals surface area contributed by atoms with E-state index in [0.717, 1.165) is 19.4 Å². The van der Waals surface area contributed by atoms with Crippen LogP contribution in [-0.2, 0) is 4.79 Å². The number of rotatable bonds is 3. The molecule has 2 atom stereocenters. The van der Waals surface area contributed by atoms with Crippen LogP contribution in [0.15, 0.2) is 0 Å². The maximum atomic E-state index is 12.1. The lowest BCUT2D eigenvalue weighted by Crippen LogP contribution is -2.48. The van der Waals surface area contributed by atoms with Crippen LogP contribution in [0.1, 0.15) is 65.2 Å². The van der Waals surface area contributed by atoms with Crippen molar-refractivity contribution in [2.45, 2.75) is 77.3 Å². The van der Waals surface area contributed by atoms with Crippen LogP contribution in [0.5, 0.6) is 0 Å². The van der Waals surface area contributed by atoms with E-state index in [2.05, 4.69) is 24.5 Å². The average molecular weight is 252 g/mol. The molecule has 1 aliphatic carbocycles. The highest BCUT2D eigenvalue weighted by molar-refractivity contribution is 5.77. The van der Waals surface area contributed by atoms with Crippen molar-refractivity contribution in [2.24, 2.45) is 5.41 Å². The molecule has 3 heteroatoms. The van der Waals surface area contributed by atoms with Crippen molar-refractivity contribution in [3.05, 3.63) is 0 Å². The van der Waals surface area contributed by atoms with E-state index >= 15 is 0 Å². The van der Waals surface area contributed by atoms with Gasteiger partial charge in [-0.3, -0.25) is 4.79 Å². The van der Waals surface area contributed by atoms with E-state index in [1.54, 1.807) is 0 Å². The maximum Gasteiger partial charge on any atom is 0.221 e. The van der Waals surface area contributed by atoms with Crippen LogP contribution in [0.3, 0.4) is 0 Å². The first-order valence-electron chi connectivity index (χ1n) is 7.61. The molecule has 0 aromatic rings. The topological polar surface area (TPSA) is 41.1 Å². The van der Waals surface area contributed by atoms with Gasteiger partial charge in [-0.1, -0.05) is 33.1 Å². The molecule has 1 amide bonds. The van der Waals surface area contributed by atoms with Crippen LogP contribution in [0.25, 0.3) is 0 Å². The van der Waals surface area contributed by atoms with Gasteiger partial charge in [-0.25, -0.2) is 0 Å². The van der Waals surface area contributed by atoms with Crippen LogP contribution >= 0.6 is 0 Å². The van der Waals surface area contributed by atoms with Crippen molar-refractivity contribution in [1.82, 2.24) is 10.6 Å². The second-order valence-corrected chi connectivity index (χ2v) is 6.71. The highest BCUT2D eigenvalue weighted by atomic mass is 16.1. The minimum absolute atomic E-state index is 0.245. The van der Waals surface area contributed by atoms with Gasteiger partial charge < -0.3 is 10.6 Å². The minimum Gasteiger partial charge on any atom is -0.353 e. The molecule has 18 heavy (non-hydrogen) atoms. The van der Waals surface area contributed by atoms with E-state index in [0.29, 0.717) is 18.5 Å². The quantitative estimate of drug-likeness (QED) is 0.810. The number of nitrogens with one attached hydrogen (secondary N) is 2. The number of hydrogen-bond donors (Lipinski definition) is 2. The maximum absolute atomic E-state index is 12.1. The van der Waals surface area contributed by atoms with Gasteiger partial charge in [0.25, 0.3) is 0 Å². The van der Waals surface area contributed by atoms with Gasteiger partial charge in [0.05, 0.1) is 0 Å². The number of hydrogen-bond acceptors (Lipinski definition) is 2. The molecule has 2 unspecified atom stereocenters. The summed E-state index contributed by atoms with van der Waals surface area (Å²) in [5.74, 6) is 0.245. The van der Waals surface area contributed by atoms with Crippen LogP contribution < -0.4 is 10.6 Å². The van der Waals surface area contributed by atoms with E-state index < -0.39 is 0 Å². The molecule has 1 saturated heterocycles. The summed E-state index contributed by atoms with van der Waals surface area (Å²) in [4.78, 5) is 12.1. The predicted octanol–water partition coefficient (Wildman–Crippen LogP) is 2.60. The van der Waals surface area contributed by atoms with Crippen molar-refractivity contribution in [3.63, 3.8) is 0 Å². The Morgan fingerprint density at radius 3 is 2.67 bits per heavy atom. The van der Waals surface area contributed by atoms with Crippen molar-refractivity contribution in [1.29, 1.82) is 0 Å². The molecule has 0 spiro atoms. The molecule has 0 radical (unpaired) electrons. The third-order valence-corrected chi connectivity index (χ3v) is 4.69. The monoisotopic (exact) mass is 252 g/mol. The Labute approximate surface area is 111 Å². The van der Waals surface area contributed by atoms with Crippen molar-refractivity contribution in [2.75, 3.05) is 6.54 Å². The molecule has 2 fully saturated rings. The fourth-order valence-electron chi connectivity index (χ4n) is 3.34. The molecule has 3 nitrogen and oxygen atoms in total. The number of piperidine rings is 1. The molecule has 0 aromatic heterocycles. The number of carbonyl (C=O) groups is 1. The largest absolute Gasteiger partial charge is 0.353 e. The molecule has 104 valence electrons. The average Bonchev–Trinajstić information content (AvgIpc) is 2.33. The fourth-order valence-corrected chi connectivity index (χ4v) is 3.34. The molecule has 2 aliphatic rings. The number of amides is 1. The summed E-state index contributed by atoms with van der Waals surface area (Å²) in [6, 6.07) is 0.785. The molecule has 2 rings (SSSR count). The van der Waals surface area contributed by atoms with Gasteiger partial charge in [0, 0.05) is 18.5 Å². The van der Waals surface area contributed by atoms with Gasteiger partial charge in [0.2, 0.25) is 5.91 Å². The summed E-state index contributed by atoms with van der Waals surface area (Å²) in [6.45, 7) is 5.65. The van der Waals surface area contributed by atoms with E-state index in [4.69, 9.17) is 0 Å². The first-order valence-corrected chi connectivity index (χ1v) is 7.61. The normalized spacial score (nSPS) is 31.9.